The Morgan fingerprint density at radius 1 is 1.03 bits per heavy atom. The van der Waals surface area contributed by atoms with Gasteiger partial charge in [-0.3, -0.25) is 24.1 Å². The number of carbonyl (C=O) groups is 1. The second-order valence-corrected chi connectivity index (χ2v) is 9.31. The van der Waals surface area contributed by atoms with Crippen LogP contribution in [0, 0.1) is 6.92 Å². The van der Waals surface area contributed by atoms with Crippen LogP contribution in [0.1, 0.15) is 16.1 Å². The van der Waals surface area contributed by atoms with Crippen LogP contribution in [0.2, 0.25) is 0 Å². The summed E-state index contributed by atoms with van der Waals surface area (Å²) < 4.78 is 40.5. The van der Waals surface area contributed by atoms with Crippen LogP contribution >= 0.6 is 0 Å². The van der Waals surface area contributed by atoms with Gasteiger partial charge in [-0.2, -0.15) is 0 Å². The van der Waals surface area contributed by atoms with Crippen molar-refractivity contribution in [2.45, 2.75) is 11.8 Å². The van der Waals surface area contributed by atoms with Crippen LogP contribution in [0.5, 0.6) is 11.5 Å². The highest BCUT2D eigenvalue weighted by atomic mass is 32.2. The van der Waals surface area contributed by atoms with Crippen molar-refractivity contribution in [3.63, 3.8) is 0 Å². The molecule has 4 aromatic rings. The Labute approximate surface area is 200 Å². The lowest BCUT2D eigenvalue weighted by Gasteiger charge is -2.14. The van der Waals surface area contributed by atoms with E-state index in [1.54, 1.807) is 38.2 Å². The monoisotopic (exact) mass is 497 g/mol. The Balaban J connectivity index is 1.68. The van der Waals surface area contributed by atoms with Crippen molar-refractivity contribution in [3.05, 3.63) is 70.1 Å². The molecule has 2 heterocycles. The van der Waals surface area contributed by atoms with Crippen molar-refractivity contribution < 1.29 is 22.7 Å². The molecule has 35 heavy (non-hydrogen) atoms. The highest BCUT2D eigenvalue weighted by molar-refractivity contribution is 7.92. The van der Waals surface area contributed by atoms with Gasteiger partial charge < -0.3 is 14.8 Å². The molecule has 0 saturated carbocycles. The molecule has 0 radical (unpaired) electrons. The second-order valence-electron chi connectivity index (χ2n) is 7.66. The summed E-state index contributed by atoms with van der Waals surface area (Å²) in [6.07, 6.45) is 0. The number of sulfonamides is 1. The smallest absolute Gasteiger partial charge is 0.274 e. The molecule has 0 spiro atoms. The first-order valence-electron chi connectivity index (χ1n) is 10.4. The molecule has 3 N–H and O–H groups in total. The van der Waals surface area contributed by atoms with E-state index < -0.39 is 21.5 Å². The molecule has 182 valence electrons. The molecule has 0 aliphatic rings. The minimum Gasteiger partial charge on any atom is -0.497 e. The summed E-state index contributed by atoms with van der Waals surface area (Å²) in [6.45, 7) is 1.70. The summed E-state index contributed by atoms with van der Waals surface area (Å²) in [6, 6.07) is 12.1. The van der Waals surface area contributed by atoms with Gasteiger partial charge in [-0.05, 0) is 55.5 Å². The zero-order valence-corrected chi connectivity index (χ0v) is 20.2. The van der Waals surface area contributed by atoms with E-state index in [0.717, 1.165) is 0 Å². The van der Waals surface area contributed by atoms with Gasteiger partial charge >= 0.3 is 0 Å². The highest BCUT2D eigenvalue weighted by Crippen LogP contribution is 2.30. The molecule has 0 fully saturated rings. The number of methoxy groups -OCH3 is 2. The maximum atomic E-state index is 13.1. The predicted octanol–water partition coefficient (Wildman–Crippen LogP) is 2.64. The number of benzene rings is 2. The van der Waals surface area contributed by atoms with E-state index >= 15 is 0 Å². The summed E-state index contributed by atoms with van der Waals surface area (Å²) in [5.41, 5.74) is 1.05. The normalized spacial score (nSPS) is 11.3. The molecule has 0 atom stereocenters. The van der Waals surface area contributed by atoms with Crippen molar-refractivity contribution in [3.8, 4) is 11.5 Å². The number of nitrogens with one attached hydrogen (secondary N) is 3. The van der Waals surface area contributed by atoms with E-state index in [1.807, 2.05) is 0 Å². The first kappa shape index (κ1) is 23.8. The minimum atomic E-state index is -4.08. The number of nitrogens with zero attached hydrogens (tertiary/aromatic N) is 2. The number of pyridine rings is 1. The van der Waals surface area contributed by atoms with E-state index in [1.165, 1.54) is 43.2 Å². The van der Waals surface area contributed by atoms with Crippen LogP contribution in [-0.4, -0.2) is 43.3 Å². The average Bonchev–Trinajstić information content (AvgIpc) is 3.11. The van der Waals surface area contributed by atoms with Gasteiger partial charge in [-0.1, -0.05) is 0 Å². The number of rotatable bonds is 7. The third kappa shape index (κ3) is 4.68. The van der Waals surface area contributed by atoms with Crippen LogP contribution < -0.4 is 25.1 Å². The lowest BCUT2D eigenvalue weighted by Crippen LogP contribution is -2.17. The number of carbonyl (C=O) groups excluding carboxylic acids is 1. The third-order valence-electron chi connectivity index (χ3n) is 5.24. The van der Waals surface area contributed by atoms with Crippen molar-refractivity contribution in [2.24, 2.45) is 7.05 Å². The second kappa shape index (κ2) is 9.14. The SMILES string of the molecule is COc1ccc(NS(=O)(=O)c2cc(NC(=O)c3cc(C)nc4c3c(=O)[nH]n4C)ccc2OC)cc1. The van der Waals surface area contributed by atoms with E-state index in [9.17, 15) is 18.0 Å². The number of aromatic amines is 1. The van der Waals surface area contributed by atoms with Gasteiger partial charge in [0.25, 0.3) is 21.5 Å². The van der Waals surface area contributed by atoms with E-state index in [4.69, 9.17) is 9.47 Å². The lowest BCUT2D eigenvalue weighted by molar-refractivity contribution is 0.102. The van der Waals surface area contributed by atoms with Crippen LogP contribution in [0.25, 0.3) is 11.0 Å². The fourth-order valence-electron chi connectivity index (χ4n) is 3.60. The molecule has 0 saturated heterocycles. The molecular weight excluding hydrogens is 474 g/mol. The number of hydrogen-bond acceptors (Lipinski definition) is 7. The van der Waals surface area contributed by atoms with E-state index in [2.05, 4.69) is 20.1 Å². The van der Waals surface area contributed by atoms with Gasteiger partial charge in [0.1, 0.15) is 16.4 Å². The van der Waals surface area contributed by atoms with Crippen LogP contribution in [0.4, 0.5) is 11.4 Å². The maximum absolute atomic E-state index is 13.1. The van der Waals surface area contributed by atoms with E-state index in [0.29, 0.717) is 22.8 Å². The molecule has 0 aliphatic heterocycles. The summed E-state index contributed by atoms with van der Waals surface area (Å²) in [4.78, 5) is 29.6. The first-order chi connectivity index (χ1) is 16.6. The Morgan fingerprint density at radius 3 is 2.37 bits per heavy atom. The molecule has 12 heteroatoms. The van der Waals surface area contributed by atoms with Crippen molar-refractivity contribution in [2.75, 3.05) is 24.3 Å². The largest absolute Gasteiger partial charge is 0.497 e. The van der Waals surface area contributed by atoms with Crippen molar-refractivity contribution in [1.82, 2.24) is 14.8 Å². The summed E-state index contributed by atoms with van der Waals surface area (Å²) >= 11 is 0. The number of ether oxygens (including phenoxy) is 2. The zero-order chi connectivity index (χ0) is 25.3. The third-order valence-corrected chi connectivity index (χ3v) is 6.64. The van der Waals surface area contributed by atoms with Gasteiger partial charge in [-0.25, -0.2) is 13.4 Å². The number of amides is 1. The average molecular weight is 498 g/mol. The lowest BCUT2D eigenvalue weighted by atomic mass is 10.1. The molecule has 11 nitrogen and oxygen atoms in total. The Kier molecular flexibility index (Phi) is 6.22. The van der Waals surface area contributed by atoms with Crippen molar-refractivity contribution >= 4 is 38.3 Å². The predicted molar refractivity (Wildman–Crippen MR) is 131 cm³/mol. The Morgan fingerprint density at radius 2 is 1.71 bits per heavy atom. The number of H-pyrrole nitrogens is 1. The van der Waals surface area contributed by atoms with Gasteiger partial charge in [-0.15, -0.1) is 0 Å². The number of anilines is 2. The number of aryl methyl sites for hydroxylation is 2. The molecule has 2 aromatic carbocycles. The standard InChI is InChI=1S/C23H23N5O6S/c1-13-11-17(20-21(24-13)28(2)26-23(20)30)22(29)25-15-7-10-18(34-4)19(12-15)35(31,32)27-14-5-8-16(33-3)9-6-14/h5-12,27H,1-4H3,(H,25,29)(H,26,30). The maximum Gasteiger partial charge on any atom is 0.274 e. The van der Waals surface area contributed by atoms with Crippen LogP contribution in [0.15, 0.2) is 58.2 Å². The first-order valence-corrected chi connectivity index (χ1v) is 11.8. The quantitative estimate of drug-likeness (QED) is 0.356. The summed E-state index contributed by atoms with van der Waals surface area (Å²) in [5.74, 6) is 0.0763. The number of aromatic nitrogens is 3. The van der Waals surface area contributed by atoms with Crippen LogP contribution in [-0.2, 0) is 17.1 Å². The topological polar surface area (TPSA) is 144 Å². The fraction of sp³-hybridized carbons (Fsp3) is 0.174. The van der Waals surface area contributed by atoms with Gasteiger partial charge in [0, 0.05) is 24.1 Å². The fourth-order valence-corrected chi connectivity index (χ4v) is 4.85. The number of fused-ring (bicyclic) bond motifs is 1. The van der Waals surface area contributed by atoms with Gasteiger partial charge in [0.15, 0.2) is 5.65 Å². The molecule has 2 aromatic heterocycles. The van der Waals surface area contributed by atoms with Crippen LogP contribution in [0.3, 0.4) is 0 Å². The van der Waals surface area contributed by atoms with Crippen molar-refractivity contribution in [1.29, 1.82) is 0 Å². The Bertz CT molecular complexity index is 1590. The number of hydrogen-bond donors (Lipinski definition) is 3. The van der Waals surface area contributed by atoms with Gasteiger partial charge in [0.05, 0.1) is 25.2 Å². The van der Waals surface area contributed by atoms with Gasteiger partial charge in [0.2, 0.25) is 0 Å². The zero-order valence-electron chi connectivity index (χ0n) is 19.4. The molecule has 0 bridgehead atoms. The van der Waals surface area contributed by atoms with E-state index in [-0.39, 0.29) is 27.3 Å². The minimum absolute atomic E-state index is 0.0886. The summed E-state index contributed by atoms with van der Waals surface area (Å²) in [5, 5.41) is 5.38. The molecule has 0 unspecified atom stereocenters. The molecule has 0 aliphatic carbocycles. The molecular formula is C23H23N5O6S. The molecule has 1 amide bonds. The highest BCUT2D eigenvalue weighted by Gasteiger charge is 2.22. The molecule has 4 rings (SSSR count). The summed E-state index contributed by atoms with van der Waals surface area (Å²) in [7, 11) is 0.396. The Hall–Kier alpha value is -4.32.